The maximum Gasteiger partial charge on any atom is 0.333 e. The average molecular weight is 305 g/mol. The predicted octanol–water partition coefficient (Wildman–Crippen LogP) is 1.46. The molecule has 96 valence electrons. The van der Waals surface area contributed by atoms with E-state index >= 15 is 0 Å². The molecule has 1 heterocycles. The number of amides is 4. The molecule has 1 aliphatic heterocycles. The zero-order valence-electron chi connectivity index (χ0n) is 10.5. The van der Waals surface area contributed by atoms with Gasteiger partial charge in [-0.1, -0.05) is 36.7 Å². The molecule has 0 aromatic heterocycles. The van der Waals surface area contributed by atoms with Gasteiger partial charge in [0.25, 0.3) is 0 Å². The fraction of sp³-hybridized carbons (Fsp3) is 0.727. The van der Waals surface area contributed by atoms with Crippen LogP contribution in [0.4, 0.5) is 4.79 Å². The molecule has 0 bridgehead atoms. The molecule has 0 N–H and O–H groups in total. The molecule has 4 amide bonds. The Labute approximate surface area is 109 Å². The summed E-state index contributed by atoms with van der Waals surface area (Å²) < 4.78 is 0. The van der Waals surface area contributed by atoms with Gasteiger partial charge in [-0.15, -0.1) is 0 Å². The van der Waals surface area contributed by atoms with Crippen molar-refractivity contribution in [2.24, 2.45) is 11.3 Å². The second kappa shape index (κ2) is 4.76. The lowest BCUT2D eigenvalue weighted by atomic mass is 9.82. The monoisotopic (exact) mass is 304 g/mol. The molecular weight excluding hydrogens is 288 g/mol. The third-order valence-electron chi connectivity index (χ3n) is 3.06. The molecule has 1 saturated heterocycles. The molecule has 6 heteroatoms. The van der Waals surface area contributed by atoms with E-state index in [2.05, 4.69) is 15.9 Å². The van der Waals surface area contributed by atoms with Crippen molar-refractivity contribution in [1.82, 2.24) is 9.80 Å². The van der Waals surface area contributed by atoms with Crippen LogP contribution in [0.1, 0.15) is 20.8 Å². The molecule has 1 aliphatic rings. The Balaban J connectivity index is 2.85. The van der Waals surface area contributed by atoms with Crippen molar-refractivity contribution >= 4 is 33.8 Å². The molecule has 17 heavy (non-hydrogen) atoms. The van der Waals surface area contributed by atoms with E-state index in [1.54, 1.807) is 0 Å². The number of hydrogen-bond donors (Lipinski definition) is 0. The van der Waals surface area contributed by atoms with Gasteiger partial charge in [-0.2, -0.15) is 0 Å². The highest BCUT2D eigenvalue weighted by Crippen LogP contribution is 2.29. The third kappa shape index (κ3) is 2.68. The van der Waals surface area contributed by atoms with Crippen LogP contribution >= 0.6 is 15.9 Å². The number of halogens is 1. The quantitative estimate of drug-likeness (QED) is 0.451. The third-order valence-corrected chi connectivity index (χ3v) is 3.85. The van der Waals surface area contributed by atoms with Crippen LogP contribution < -0.4 is 0 Å². The zero-order chi connectivity index (χ0) is 13.4. The minimum atomic E-state index is -0.753. The van der Waals surface area contributed by atoms with Crippen LogP contribution in [-0.4, -0.2) is 46.6 Å². The minimum Gasteiger partial charge on any atom is -0.263 e. The van der Waals surface area contributed by atoms with Crippen LogP contribution in [0, 0.1) is 11.3 Å². The topological polar surface area (TPSA) is 57.7 Å². The Kier molecular flexibility index (Phi) is 3.96. The number of hydrogen-bond acceptors (Lipinski definition) is 3. The Morgan fingerprint density at radius 1 is 1.18 bits per heavy atom. The van der Waals surface area contributed by atoms with Gasteiger partial charge < -0.3 is 0 Å². The first-order chi connectivity index (χ1) is 7.70. The van der Waals surface area contributed by atoms with Crippen LogP contribution in [0.25, 0.3) is 0 Å². The number of likely N-dealkylation sites (N-methyl/N-ethyl adjacent to an activating group) is 1. The minimum absolute atomic E-state index is 0.0474. The van der Waals surface area contributed by atoms with Gasteiger partial charge in [-0.05, 0) is 11.3 Å². The summed E-state index contributed by atoms with van der Waals surface area (Å²) in [7, 11) is 1.32. The second-order valence-corrected chi connectivity index (χ2v) is 5.93. The number of carbonyl (C=O) groups excluding carboxylic acids is 3. The van der Waals surface area contributed by atoms with Gasteiger partial charge in [0.1, 0.15) is 0 Å². The highest BCUT2D eigenvalue weighted by molar-refractivity contribution is 9.09. The lowest BCUT2D eigenvalue weighted by Gasteiger charge is -2.31. The van der Waals surface area contributed by atoms with Crippen LogP contribution in [0.3, 0.4) is 0 Å². The number of rotatable bonds is 3. The van der Waals surface area contributed by atoms with E-state index in [0.717, 1.165) is 9.80 Å². The van der Waals surface area contributed by atoms with E-state index in [0.29, 0.717) is 5.33 Å². The fourth-order valence-electron chi connectivity index (χ4n) is 1.55. The molecule has 5 nitrogen and oxygen atoms in total. The highest BCUT2D eigenvalue weighted by atomic mass is 79.9. The Hall–Kier alpha value is -0.910. The zero-order valence-corrected chi connectivity index (χ0v) is 12.1. The van der Waals surface area contributed by atoms with Crippen molar-refractivity contribution in [3.63, 3.8) is 0 Å². The van der Waals surface area contributed by atoms with E-state index in [1.165, 1.54) is 7.05 Å². The Bertz CT molecular complexity index is 362. The van der Waals surface area contributed by atoms with Gasteiger partial charge in [0.15, 0.2) is 0 Å². The number of nitrogens with zero attached hydrogens (tertiary/aromatic N) is 2. The summed E-state index contributed by atoms with van der Waals surface area (Å²) in [6, 6.07) is -0.532. The molecule has 1 unspecified atom stereocenters. The molecule has 0 aromatic carbocycles. The molecule has 1 fully saturated rings. The van der Waals surface area contributed by atoms with Crippen molar-refractivity contribution in [2.75, 3.05) is 18.9 Å². The summed E-state index contributed by atoms with van der Waals surface area (Å²) >= 11 is 3.38. The fourth-order valence-corrected chi connectivity index (χ4v) is 2.73. The molecule has 0 aromatic rings. The van der Waals surface area contributed by atoms with Crippen molar-refractivity contribution in [2.45, 2.75) is 20.8 Å². The van der Waals surface area contributed by atoms with Crippen LogP contribution in [-0.2, 0) is 9.59 Å². The van der Waals surface area contributed by atoms with Gasteiger partial charge in [-0.25, -0.2) is 4.79 Å². The van der Waals surface area contributed by atoms with Crippen LogP contribution in [0.2, 0.25) is 0 Å². The standard InChI is InChI=1S/C11H17BrN2O3/c1-11(2,3)7(5-12)6-14-9(16)8(15)13(4)10(14)17/h7H,5-6H2,1-4H3. The first-order valence-electron chi connectivity index (χ1n) is 5.39. The van der Waals surface area contributed by atoms with E-state index in [9.17, 15) is 14.4 Å². The van der Waals surface area contributed by atoms with Crippen LogP contribution in [0.5, 0.6) is 0 Å². The molecule has 0 aliphatic carbocycles. The van der Waals surface area contributed by atoms with E-state index < -0.39 is 17.8 Å². The normalized spacial score (nSPS) is 19.2. The van der Waals surface area contributed by atoms with E-state index in [-0.39, 0.29) is 17.9 Å². The predicted molar refractivity (Wildman–Crippen MR) is 66.6 cm³/mol. The Morgan fingerprint density at radius 3 is 2.00 bits per heavy atom. The summed E-state index contributed by atoms with van der Waals surface area (Å²) in [5.41, 5.74) is -0.0474. The number of carbonyl (C=O) groups is 3. The molecule has 0 spiro atoms. The molecule has 1 rings (SSSR count). The van der Waals surface area contributed by atoms with E-state index in [4.69, 9.17) is 0 Å². The van der Waals surface area contributed by atoms with Crippen molar-refractivity contribution in [3.05, 3.63) is 0 Å². The Morgan fingerprint density at radius 2 is 1.71 bits per heavy atom. The highest BCUT2D eigenvalue weighted by Gasteiger charge is 2.43. The maximum atomic E-state index is 11.7. The van der Waals surface area contributed by atoms with Crippen LogP contribution in [0.15, 0.2) is 0 Å². The average Bonchev–Trinajstić information content (AvgIpc) is 2.40. The first-order valence-corrected chi connectivity index (χ1v) is 6.51. The number of urea groups is 1. The second-order valence-electron chi connectivity index (χ2n) is 5.28. The van der Waals surface area contributed by atoms with E-state index in [1.807, 2.05) is 20.8 Å². The van der Waals surface area contributed by atoms with Crippen molar-refractivity contribution < 1.29 is 14.4 Å². The van der Waals surface area contributed by atoms with Crippen molar-refractivity contribution in [3.8, 4) is 0 Å². The van der Waals surface area contributed by atoms with Gasteiger partial charge in [-0.3, -0.25) is 19.4 Å². The first kappa shape index (κ1) is 14.2. The van der Waals surface area contributed by atoms with Crippen molar-refractivity contribution in [1.29, 1.82) is 0 Å². The molecule has 1 atom stereocenters. The smallest absolute Gasteiger partial charge is 0.263 e. The summed E-state index contributed by atoms with van der Waals surface area (Å²) in [4.78, 5) is 36.5. The largest absolute Gasteiger partial charge is 0.333 e. The van der Waals surface area contributed by atoms with Gasteiger partial charge in [0.05, 0.1) is 0 Å². The summed E-state index contributed by atoms with van der Waals surface area (Å²) in [6.07, 6.45) is 0. The molecule has 0 radical (unpaired) electrons. The van der Waals surface area contributed by atoms with Gasteiger partial charge in [0.2, 0.25) is 0 Å². The number of imide groups is 2. The molecular formula is C11H17BrN2O3. The summed E-state index contributed by atoms with van der Waals surface area (Å²) in [5, 5.41) is 0.672. The SMILES string of the molecule is CN1C(=O)C(=O)N(CC(CBr)C(C)(C)C)C1=O. The summed E-state index contributed by atoms with van der Waals surface area (Å²) in [6.45, 7) is 6.38. The summed E-state index contributed by atoms with van der Waals surface area (Å²) in [5.74, 6) is -1.38. The van der Waals surface area contributed by atoms with Gasteiger partial charge in [0, 0.05) is 18.9 Å². The lowest BCUT2D eigenvalue weighted by Crippen LogP contribution is -2.40. The van der Waals surface area contributed by atoms with Gasteiger partial charge >= 0.3 is 17.8 Å². The number of alkyl halides is 1. The lowest BCUT2D eigenvalue weighted by molar-refractivity contribution is -0.143. The molecule has 0 saturated carbocycles. The maximum absolute atomic E-state index is 11.7.